The zero-order valence-electron chi connectivity index (χ0n) is 14.0. The van der Waals surface area contributed by atoms with Crippen molar-refractivity contribution >= 4 is 22.5 Å². The van der Waals surface area contributed by atoms with E-state index in [0.717, 1.165) is 10.9 Å². The molecule has 0 unspecified atom stereocenters. The maximum atomic E-state index is 12.0. The second kappa shape index (κ2) is 6.27. The molecule has 0 amide bonds. The van der Waals surface area contributed by atoms with Crippen LogP contribution in [0.4, 0.5) is 0 Å². The zero-order valence-corrected chi connectivity index (χ0v) is 14.0. The molecule has 7 heteroatoms. The van der Waals surface area contributed by atoms with Gasteiger partial charge in [-0.15, -0.1) is 0 Å². The monoisotopic (exact) mass is 330 g/mol. The SMILES string of the molecule is CCOC(=O)c1cn2c(cc(OC)c3cc(OC)c(OC)cc32)n1. The summed E-state index contributed by atoms with van der Waals surface area (Å²) in [6.45, 7) is 2.05. The molecule has 2 heterocycles. The molecule has 0 aliphatic rings. The summed E-state index contributed by atoms with van der Waals surface area (Å²) in [7, 11) is 4.72. The van der Waals surface area contributed by atoms with Gasteiger partial charge in [0.2, 0.25) is 0 Å². The Morgan fingerprint density at radius 3 is 2.33 bits per heavy atom. The van der Waals surface area contributed by atoms with Crippen molar-refractivity contribution in [2.45, 2.75) is 6.92 Å². The summed E-state index contributed by atoms with van der Waals surface area (Å²) in [6.07, 6.45) is 1.64. The summed E-state index contributed by atoms with van der Waals surface area (Å²) in [5, 5.41) is 0.815. The highest BCUT2D eigenvalue weighted by molar-refractivity contribution is 5.93. The number of carbonyl (C=O) groups is 1. The van der Waals surface area contributed by atoms with Gasteiger partial charge >= 0.3 is 5.97 Å². The van der Waals surface area contributed by atoms with E-state index in [0.29, 0.717) is 29.5 Å². The number of carbonyl (C=O) groups excluding carboxylic acids is 1. The summed E-state index contributed by atoms with van der Waals surface area (Å²) in [6, 6.07) is 5.41. The number of aromatic nitrogens is 2. The lowest BCUT2D eigenvalue weighted by atomic mass is 10.1. The van der Waals surface area contributed by atoms with E-state index in [1.165, 1.54) is 0 Å². The molecule has 0 atom stereocenters. The van der Waals surface area contributed by atoms with Gasteiger partial charge in [-0.1, -0.05) is 0 Å². The number of imidazole rings is 1. The minimum Gasteiger partial charge on any atom is -0.496 e. The van der Waals surface area contributed by atoms with Gasteiger partial charge in [0.1, 0.15) is 11.4 Å². The van der Waals surface area contributed by atoms with Crippen LogP contribution < -0.4 is 14.2 Å². The van der Waals surface area contributed by atoms with Crippen molar-refractivity contribution in [2.75, 3.05) is 27.9 Å². The van der Waals surface area contributed by atoms with Crippen LogP contribution >= 0.6 is 0 Å². The van der Waals surface area contributed by atoms with Gasteiger partial charge < -0.3 is 18.9 Å². The normalized spacial score (nSPS) is 10.8. The first-order chi connectivity index (χ1) is 11.6. The topological polar surface area (TPSA) is 71.3 Å². The molecule has 0 bridgehead atoms. The molecule has 0 aliphatic heterocycles. The number of methoxy groups -OCH3 is 3. The predicted octanol–water partition coefficient (Wildman–Crippen LogP) is 2.69. The molecular weight excluding hydrogens is 312 g/mol. The average molecular weight is 330 g/mol. The quantitative estimate of drug-likeness (QED) is 0.670. The first kappa shape index (κ1) is 15.9. The van der Waals surface area contributed by atoms with E-state index in [4.69, 9.17) is 18.9 Å². The van der Waals surface area contributed by atoms with Gasteiger partial charge in [-0.2, -0.15) is 0 Å². The number of esters is 1. The summed E-state index contributed by atoms with van der Waals surface area (Å²) >= 11 is 0. The van der Waals surface area contributed by atoms with Gasteiger partial charge in [-0.05, 0) is 13.0 Å². The second-order valence-electron chi connectivity index (χ2n) is 5.01. The lowest BCUT2D eigenvalue weighted by Gasteiger charge is -2.12. The standard InChI is InChI=1S/C17H18N2O5/c1-5-24-17(20)11-9-19-12-7-15(23-4)14(22-3)6-10(12)13(21-2)8-16(19)18-11/h6-9H,5H2,1-4H3. The average Bonchev–Trinajstić information content (AvgIpc) is 3.04. The van der Waals surface area contributed by atoms with Gasteiger partial charge in [-0.25, -0.2) is 9.78 Å². The Balaban J connectivity index is 2.32. The maximum absolute atomic E-state index is 12.0. The summed E-state index contributed by atoms with van der Waals surface area (Å²) in [5.41, 5.74) is 1.60. The minimum atomic E-state index is -0.464. The molecule has 2 aromatic heterocycles. The fraction of sp³-hybridized carbons (Fsp3) is 0.294. The lowest BCUT2D eigenvalue weighted by Crippen LogP contribution is -2.04. The number of hydrogen-bond acceptors (Lipinski definition) is 6. The van der Waals surface area contributed by atoms with Crippen molar-refractivity contribution in [3.8, 4) is 17.2 Å². The highest BCUT2D eigenvalue weighted by Crippen LogP contribution is 2.37. The molecule has 0 radical (unpaired) electrons. The second-order valence-corrected chi connectivity index (χ2v) is 5.01. The van der Waals surface area contributed by atoms with E-state index in [2.05, 4.69) is 4.98 Å². The van der Waals surface area contributed by atoms with Gasteiger partial charge in [0, 0.05) is 23.7 Å². The van der Waals surface area contributed by atoms with E-state index in [9.17, 15) is 4.79 Å². The number of rotatable bonds is 5. The van der Waals surface area contributed by atoms with Crippen molar-refractivity contribution < 1.29 is 23.7 Å². The smallest absolute Gasteiger partial charge is 0.358 e. The molecule has 126 valence electrons. The Morgan fingerprint density at radius 1 is 1.04 bits per heavy atom. The third-order valence-corrected chi connectivity index (χ3v) is 3.72. The maximum Gasteiger partial charge on any atom is 0.358 e. The summed E-state index contributed by atoms with van der Waals surface area (Å²) < 4.78 is 23.0. The molecule has 0 saturated carbocycles. The van der Waals surface area contributed by atoms with Crippen LogP contribution in [0.1, 0.15) is 17.4 Å². The third-order valence-electron chi connectivity index (χ3n) is 3.72. The van der Waals surface area contributed by atoms with Crippen molar-refractivity contribution in [1.82, 2.24) is 9.38 Å². The van der Waals surface area contributed by atoms with Gasteiger partial charge in [0.25, 0.3) is 0 Å². The summed E-state index contributed by atoms with van der Waals surface area (Å²) in [5.74, 6) is 1.33. The summed E-state index contributed by atoms with van der Waals surface area (Å²) in [4.78, 5) is 16.3. The van der Waals surface area contributed by atoms with Crippen LogP contribution in [0.5, 0.6) is 17.2 Å². The van der Waals surface area contributed by atoms with Gasteiger partial charge in [-0.3, -0.25) is 4.40 Å². The van der Waals surface area contributed by atoms with Crippen molar-refractivity contribution in [3.63, 3.8) is 0 Å². The van der Waals surface area contributed by atoms with E-state index < -0.39 is 5.97 Å². The highest BCUT2D eigenvalue weighted by Gasteiger charge is 2.17. The molecule has 7 nitrogen and oxygen atoms in total. The van der Waals surface area contributed by atoms with Crippen LogP contribution in [-0.4, -0.2) is 43.3 Å². The predicted molar refractivity (Wildman–Crippen MR) is 88.3 cm³/mol. The van der Waals surface area contributed by atoms with E-state index in [-0.39, 0.29) is 5.69 Å². The Morgan fingerprint density at radius 2 is 1.71 bits per heavy atom. The van der Waals surface area contributed by atoms with Crippen molar-refractivity contribution in [2.24, 2.45) is 0 Å². The number of pyridine rings is 1. The zero-order chi connectivity index (χ0) is 17.3. The fourth-order valence-electron chi connectivity index (χ4n) is 2.62. The Bertz CT molecular complexity index is 916. The largest absolute Gasteiger partial charge is 0.496 e. The first-order valence-electron chi connectivity index (χ1n) is 7.41. The molecule has 0 N–H and O–H groups in total. The Kier molecular flexibility index (Phi) is 4.16. The molecule has 3 aromatic rings. The first-order valence-corrected chi connectivity index (χ1v) is 7.41. The van der Waals surface area contributed by atoms with Crippen LogP contribution in [0, 0.1) is 0 Å². The molecule has 0 spiro atoms. The number of nitrogens with zero attached hydrogens (tertiary/aromatic N) is 2. The molecular formula is C17H18N2O5. The number of ether oxygens (including phenoxy) is 4. The highest BCUT2D eigenvalue weighted by atomic mass is 16.5. The molecule has 0 fully saturated rings. The number of benzene rings is 1. The van der Waals surface area contributed by atoms with Crippen molar-refractivity contribution in [1.29, 1.82) is 0 Å². The molecule has 24 heavy (non-hydrogen) atoms. The molecule has 0 aliphatic carbocycles. The number of fused-ring (bicyclic) bond motifs is 3. The third kappa shape index (κ3) is 2.47. The van der Waals surface area contributed by atoms with Crippen LogP contribution in [0.3, 0.4) is 0 Å². The lowest BCUT2D eigenvalue weighted by molar-refractivity contribution is 0.0520. The minimum absolute atomic E-state index is 0.237. The van der Waals surface area contributed by atoms with Crippen LogP contribution in [0.25, 0.3) is 16.6 Å². The van der Waals surface area contributed by atoms with Gasteiger partial charge in [0.15, 0.2) is 17.2 Å². The van der Waals surface area contributed by atoms with Crippen LogP contribution in [0.2, 0.25) is 0 Å². The Hall–Kier alpha value is -2.96. The molecule has 1 aromatic carbocycles. The van der Waals surface area contributed by atoms with E-state index >= 15 is 0 Å². The molecule has 3 rings (SSSR count). The Labute approximate surface area is 138 Å². The van der Waals surface area contributed by atoms with E-state index in [1.54, 1.807) is 44.9 Å². The van der Waals surface area contributed by atoms with Gasteiger partial charge in [0.05, 0.1) is 33.5 Å². The van der Waals surface area contributed by atoms with E-state index in [1.807, 2.05) is 12.1 Å². The number of hydrogen-bond donors (Lipinski definition) is 0. The molecule has 0 saturated heterocycles. The van der Waals surface area contributed by atoms with Crippen LogP contribution in [-0.2, 0) is 4.74 Å². The fourth-order valence-corrected chi connectivity index (χ4v) is 2.62. The van der Waals surface area contributed by atoms with Crippen molar-refractivity contribution in [3.05, 3.63) is 30.1 Å². The van der Waals surface area contributed by atoms with Crippen LogP contribution in [0.15, 0.2) is 24.4 Å².